The van der Waals surface area contributed by atoms with Crippen molar-refractivity contribution in [3.8, 4) is 34.0 Å². The van der Waals surface area contributed by atoms with Crippen LogP contribution in [0.1, 0.15) is 0 Å². The number of phenols is 1. The first-order chi connectivity index (χ1) is 19.8. The van der Waals surface area contributed by atoms with Crippen LogP contribution in [0, 0.1) is 0 Å². The van der Waals surface area contributed by atoms with Crippen molar-refractivity contribution in [2.75, 3.05) is 0 Å². The molecule has 0 saturated carbocycles. The van der Waals surface area contributed by atoms with E-state index < -0.39 is 0 Å². The molecule has 0 fully saturated rings. The van der Waals surface area contributed by atoms with Gasteiger partial charge in [-0.3, -0.25) is 9.55 Å². The molecule has 0 amide bonds. The number of hydrogen-bond acceptors (Lipinski definition) is 3. The maximum absolute atomic E-state index is 11.5. The van der Waals surface area contributed by atoms with E-state index in [0.717, 1.165) is 66.2 Å². The number of nitrogens with zero attached hydrogens (tertiary/aromatic N) is 3. The normalized spacial score (nSPS) is 11.6. The van der Waals surface area contributed by atoms with Crippen LogP contribution < -0.4 is 0 Å². The summed E-state index contributed by atoms with van der Waals surface area (Å²) >= 11 is 0. The standard InChI is InChI=1S/C36H23N3O/c40-35-29(19-18-23-10-8-20-37-34(23)35)33-28-13-5-4-9-24(28)21-25-16-17-26(22-30(25)33)36-38-31-14-6-7-15-32(31)39(36)27-11-2-1-3-12-27/h1-22,40H. The molecule has 0 aliphatic carbocycles. The first-order valence-corrected chi connectivity index (χ1v) is 13.3. The molecule has 2 aromatic heterocycles. The number of fused-ring (bicyclic) bond motifs is 4. The molecule has 0 aliphatic rings. The van der Waals surface area contributed by atoms with Crippen LogP contribution in [0.4, 0.5) is 0 Å². The summed E-state index contributed by atoms with van der Waals surface area (Å²) in [5.74, 6) is 1.07. The van der Waals surface area contributed by atoms with Gasteiger partial charge in [0.15, 0.2) is 0 Å². The van der Waals surface area contributed by atoms with Gasteiger partial charge in [-0.25, -0.2) is 4.98 Å². The van der Waals surface area contributed by atoms with E-state index in [1.165, 1.54) is 0 Å². The van der Waals surface area contributed by atoms with E-state index in [4.69, 9.17) is 4.98 Å². The van der Waals surface area contributed by atoms with Crippen molar-refractivity contribution in [1.82, 2.24) is 14.5 Å². The molecule has 0 saturated heterocycles. The number of hydrogen-bond donors (Lipinski definition) is 1. The van der Waals surface area contributed by atoms with Gasteiger partial charge in [-0.1, -0.05) is 78.9 Å². The third kappa shape index (κ3) is 3.40. The van der Waals surface area contributed by atoms with Gasteiger partial charge >= 0.3 is 0 Å². The number of benzene rings is 6. The first-order valence-electron chi connectivity index (χ1n) is 13.3. The van der Waals surface area contributed by atoms with Crippen LogP contribution in [0.2, 0.25) is 0 Å². The lowest BCUT2D eigenvalue weighted by Crippen LogP contribution is -1.97. The van der Waals surface area contributed by atoms with Crippen LogP contribution in [-0.4, -0.2) is 19.6 Å². The molecule has 0 spiro atoms. The Bertz CT molecular complexity index is 2230. The van der Waals surface area contributed by atoms with Crippen LogP contribution in [0.25, 0.3) is 71.7 Å². The second-order valence-electron chi connectivity index (χ2n) is 10.0. The molecule has 4 heteroatoms. The van der Waals surface area contributed by atoms with E-state index in [1.54, 1.807) is 6.20 Å². The van der Waals surface area contributed by atoms with Crippen molar-refractivity contribution in [2.24, 2.45) is 0 Å². The smallest absolute Gasteiger partial charge is 0.149 e. The van der Waals surface area contributed by atoms with Crippen molar-refractivity contribution in [3.63, 3.8) is 0 Å². The third-order valence-corrected chi connectivity index (χ3v) is 7.71. The number of para-hydroxylation sites is 3. The molecule has 8 rings (SSSR count). The van der Waals surface area contributed by atoms with E-state index in [1.807, 2.05) is 42.5 Å². The summed E-state index contributed by atoms with van der Waals surface area (Å²) in [6, 6.07) is 43.6. The second kappa shape index (κ2) is 8.79. The summed E-state index contributed by atoms with van der Waals surface area (Å²) in [7, 11) is 0. The third-order valence-electron chi connectivity index (χ3n) is 7.71. The molecular formula is C36H23N3O. The number of aromatic nitrogens is 3. The Hall–Kier alpha value is -5.48. The Morgan fingerprint density at radius 2 is 1.35 bits per heavy atom. The summed E-state index contributed by atoms with van der Waals surface area (Å²) in [6.07, 6.45) is 1.72. The minimum absolute atomic E-state index is 0.192. The maximum atomic E-state index is 11.5. The fourth-order valence-electron chi connectivity index (χ4n) is 5.88. The van der Waals surface area contributed by atoms with Crippen LogP contribution in [0.5, 0.6) is 5.75 Å². The average Bonchev–Trinajstić information content (AvgIpc) is 3.40. The molecule has 8 aromatic rings. The van der Waals surface area contributed by atoms with Gasteiger partial charge in [0.25, 0.3) is 0 Å². The van der Waals surface area contributed by atoms with E-state index in [9.17, 15) is 5.11 Å². The fraction of sp³-hybridized carbons (Fsp3) is 0. The number of pyridine rings is 1. The van der Waals surface area contributed by atoms with Crippen molar-refractivity contribution in [3.05, 3.63) is 134 Å². The van der Waals surface area contributed by atoms with Gasteiger partial charge in [-0.2, -0.15) is 0 Å². The lowest BCUT2D eigenvalue weighted by atomic mass is 9.90. The lowest BCUT2D eigenvalue weighted by molar-refractivity contribution is 0.482. The molecule has 0 atom stereocenters. The maximum Gasteiger partial charge on any atom is 0.149 e. The predicted octanol–water partition coefficient (Wildman–Crippen LogP) is 8.92. The minimum Gasteiger partial charge on any atom is -0.505 e. The van der Waals surface area contributed by atoms with Gasteiger partial charge in [-0.05, 0) is 70.1 Å². The quantitative estimate of drug-likeness (QED) is 0.240. The summed E-state index contributed by atoms with van der Waals surface area (Å²) in [4.78, 5) is 9.59. The molecular weight excluding hydrogens is 490 g/mol. The van der Waals surface area contributed by atoms with Crippen molar-refractivity contribution < 1.29 is 5.11 Å². The molecule has 0 aliphatic heterocycles. The van der Waals surface area contributed by atoms with E-state index >= 15 is 0 Å². The Morgan fingerprint density at radius 1 is 0.600 bits per heavy atom. The largest absolute Gasteiger partial charge is 0.505 e. The summed E-state index contributed by atoms with van der Waals surface area (Å²) < 4.78 is 2.22. The highest BCUT2D eigenvalue weighted by Crippen LogP contribution is 2.43. The van der Waals surface area contributed by atoms with E-state index in [-0.39, 0.29) is 5.75 Å². The molecule has 0 unspecified atom stereocenters. The highest BCUT2D eigenvalue weighted by molar-refractivity contribution is 6.15. The topological polar surface area (TPSA) is 50.9 Å². The van der Waals surface area contributed by atoms with Gasteiger partial charge in [0.2, 0.25) is 0 Å². The van der Waals surface area contributed by atoms with Crippen molar-refractivity contribution >= 4 is 43.5 Å². The summed E-state index contributed by atoms with van der Waals surface area (Å²) in [5, 5.41) is 16.8. The predicted molar refractivity (Wildman–Crippen MR) is 164 cm³/mol. The van der Waals surface area contributed by atoms with Crippen LogP contribution >= 0.6 is 0 Å². The molecule has 0 bridgehead atoms. The van der Waals surface area contributed by atoms with Gasteiger partial charge in [0.05, 0.1) is 11.0 Å². The zero-order chi connectivity index (χ0) is 26.6. The van der Waals surface area contributed by atoms with Crippen LogP contribution in [0.3, 0.4) is 0 Å². The van der Waals surface area contributed by atoms with Gasteiger partial charge in [0.1, 0.15) is 17.1 Å². The van der Waals surface area contributed by atoms with Crippen LogP contribution in [0.15, 0.2) is 134 Å². The van der Waals surface area contributed by atoms with E-state index in [2.05, 4.69) is 94.5 Å². The lowest BCUT2D eigenvalue weighted by Gasteiger charge is -2.16. The minimum atomic E-state index is 0.192. The van der Waals surface area contributed by atoms with Crippen molar-refractivity contribution in [1.29, 1.82) is 0 Å². The Labute approximate surface area is 230 Å². The zero-order valence-corrected chi connectivity index (χ0v) is 21.5. The highest BCUT2D eigenvalue weighted by Gasteiger charge is 2.19. The molecule has 40 heavy (non-hydrogen) atoms. The Morgan fingerprint density at radius 3 is 2.27 bits per heavy atom. The zero-order valence-electron chi connectivity index (χ0n) is 21.5. The molecule has 1 N–H and O–H groups in total. The molecule has 2 heterocycles. The van der Waals surface area contributed by atoms with E-state index in [0.29, 0.717) is 5.52 Å². The molecule has 4 nitrogen and oxygen atoms in total. The van der Waals surface area contributed by atoms with Crippen LogP contribution in [-0.2, 0) is 0 Å². The monoisotopic (exact) mass is 513 g/mol. The number of aromatic hydroxyl groups is 1. The van der Waals surface area contributed by atoms with Crippen molar-refractivity contribution in [2.45, 2.75) is 0 Å². The molecule has 188 valence electrons. The Balaban J connectivity index is 1.46. The SMILES string of the molecule is Oc1c(-c2c3ccccc3cc3ccc(-c4nc5ccccc5n4-c4ccccc4)cc23)ccc2cccnc12. The fourth-order valence-corrected chi connectivity index (χ4v) is 5.88. The average molecular weight is 514 g/mol. The highest BCUT2D eigenvalue weighted by atomic mass is 16.3. The number of rotatable bonds is 3. The Kier molecular flexibility index (Phi) is 4.94. The first kappa shape index (κ1) is 22.5. The molecule has 0 radical (unpaired) electrons. The number of phenolic OH excluding ortho intramolecular Hbond substituents is 1. The van der Waals surface area contributed by atoms with Gasteiger partial charge in [0, 0.05) is 34.0 Å². The summed E-state index contributed by atoms with van der Waals surface area (Å²) in [6.45, 7) is 0. The van der Waals surface area contributed by atoms with Gasteiger partial charge in [-0.15, -0.1) is 0 Å². The number of imidazole rings is 1. The second-order valence-corrected chi connectivity index (χ2v) is 10.0. The molecule has 6 aromatic carbocycles. The van der Waals surface area contributed by atoms with Gasteiger partial charge < -0.3 is 5.11 Å². The summed E-state index contributed by atoms with van der Waals surface area (Å²) in [5.41, 5.74) is 6.41.